The monoisotopic (exact) mass is 331 g/mol. The Balaban J connectivity index is 1.95. The highest BCUT2D eigenvalue weighted by Crippen LogP contribution is 2.19. The predicted octanol–water partition coefficient (Wildman–Crippen LogP) is 1.96. The molecule has 128 valence electrons. The van der Waals surface area contributed by atoms with Crippen molar-refractivity contribution < 1.29 is 9.18 Å². The van der Waals surface area contributed by atoms with Crippen LogP contribution in [0.4, 0.5) is 4.39 Å². The molecule has 1 aromatic heterocycles. The van der Waals surface area contributed by atoms with Crippen LogP contribution in [0.15, 0.2) is 24.3 Å². The normalized spacial score (nSPS) is 17.5. The Labute approximate surface area is 140 Å². The third-order valence-electron chi connectivity index (χ3n) is 4.30. The second-order valence-corrected chi connectivity index (χ2v) is 6.40. The summed E-state index contributed by atoms with van der Waals surface area (Å²) >= 11 is 0. The van der Waals surface area contributed by atoms with Crippen LogP contribution in [-0.2, 0) is 0 Å². The van der Waals surface area contributed by atoms with Crippen molar-refractivity contribution in [3.8, 4) is 5.69 Å². The van der Waals surface area contributed by atoms with E-state index in [1.54, 1.807) is 28.8 Å². The van der Waals surface area contributed by atoms with Gasteiger partial charge in [0.25, 0.3) is 5.91 Å². The number of nitrogens with zero attached hydrogens (tertiary/aromatic N) is 4. The summed E-state index contributed by atoms with van der Waals surface area (Å²) in [5.41, 5.74) is 0.565. The number of amides is 1. The Hall–Kier alpha value is -2.28. The molecule has 1 amide bonds. The lowest BCUT2D eigenvalue weighted by atomic mass is 10.2. The fraction of sp³-hybridized carbons (Fsp3) is 0.471. The summed E-state index contributed by atoms with van der Waals surface area (Å²) in [6.45, 7) is 5.63. The second kappa shape index (κ2) is 6.68. The highest BCUT2D eigenvalue weighted by atomic mass is 19.1. The largest absolute Gasteiger partial charge is 0.335 e. The zero-order valence-electron chi connectivity index (χ0n) is 14.2. The van der Waals surface area contributed by atoms with Crippen molar-refractivity contribution >= 4 is 5.91 Å². The van der Waals surface area contributed by atoms with Gasteiger partial charge >= 0.3 is 0 Å². The molecule has 0 bridgehead atoms. The van der Waals surface area contributed by atoms with E-state index >= 15 is 0 Å². The van der Waals surface area contributed by atoms with Gasteiger partial charge in [-0.1, -0.05) is 19.9 Å². The molecule has 3 rings (SSSR count). The molecule has 0 spiro atoms. The molecule has 6 nitrogen and oxygen atoms in total. The summed E-state index contributed by atoms with van der Waals surface area (Å²) in [6.07, 6.45) is 0.921. The molecule has 1 unspecified atom stereocenters. The molecular weight excluding hydrogens is 309 g/mol. The molecule has 1 N–H and O–H groups in total. The number of rotatable bonds is 4. The van der Waals surface area contributed by atoms with Crippen LogP contribution in [0.25, 0.3) is 5.69 Å². The van der Waals surface area contributed by atoms with Crippen LogP contribution in [0.5, 0.6) is 0 Å². The third kappa shape index (κ3) is 3.17. The number of carbonyl (C=O) groups excluding carboxylic acids is 1. The van der Waals surface area contributed by atoms with Crippen molar-refractivity contribution in [2.45, 2.75) is 32.2 Å². The number of hydrogen-bond donors (Lipinski definition) is 1. The smallest absolute Gasteiger partial charge is 0.293 e. The van der Waals surface area contributed by atoms with E-state index in [4.69, 9.17) is 0 Å². The number of likely N-dealkylation sites (N-methyl/N-ethyl adjacent to an activating group) is 1. The molecule has 1 saturated heterocycles. The van der Waals surface area contributed by atoms with Crippen molar-refractivity contribution in [2.75, 3.05) is 20.1 Å². The second-order valence-electron chi connectivity index (χ2n) is 6.40. The maximum atomic E-state index is 13.5. The number of aromatic nitrogens is 3. The van der Waals surface area contributed by atoms with Gasteiger partial charge in [0.15, 0.2) is 0 Å². The van der Waals surface area contributed by atoms with Crippen LogP contribution in [0.3, 0.4) is 0 Å². The van der Waals surface area contributed by atoms with E-state index in [2.05, 4.69) is 15.4 Å². The lowest BCUT2D eigenvalue weighted by molar-refractivity contribution is 0.0731. The number of carbonyl (C=O) groups is 1. The standard InChI is InChI=1S/C17H22FN5O/c1-11(2)16-20-15(17(24)22(3)14-7-8-19-10-14)21-23(16)13-6-4-5-12(18)9-13/h4-6,9,11,14,19H,7-8,10H2,1-3H3. The maximum absolute atomic E-state index is 13.5. The van der Waals surface area contributed by atoms with Gasteiger partial charge in [-0.25, -0.2) is 14.1 Å². The minimum absolute atomic E-state index is 0.0563. The van der Waals surface area contributed by atoms with Crippen LogP contribution in [-0.4, -0.2) is 51.8 Å². The van der Waals surface area contributed by atoms with Gasteiger partial charge in [0.1, 0.15) is 11.6 Å². The molecule has 2 aromatic rings. The predicted molar refractivity (Wildman–Crippen MR) is 88.8 cm³/mol. The minimum atomic E-state index is -0.347. The van der Waals surface area contributed by atoms with Gasteiger partial charge in [0, 0.05) is 25.6 Å². The summed E-state index contributed by atoms with van der Waals surface area (Å²) in [5, 5.41) is 7.61. The Morgan fingerprint density at radius 3 is 2.88 bits per heavy atom. The van der Waals surface area contributed by atoms with Crippen molar-refractivity contribution in [1.82, 2.24) is 25.0 Å². The van der Waals surface area contributed by atoms with Crippen molar-refractivity contribution in [1.29, 1.82) is 0 Å². The zero-order chi connectivity index (χ0) is 17.3. The molecule has 2 heterocycles. The van der Waals surface area contributed by atoms with Crippen molar-refractivity contribution in [3.63, 3.8) is 0 Å². The topological polar surface area (TPSA) is 63.1 Å². The molecular formula is C17H22FN5O. The Kier molecular flexibility index (Phi) is 4.62. The quantitative estimate of drug-likeness (QED) is 0.930. The van der Waals surface area contributed by atoms with E-state index in [1.807, 2.05) is 13.8 Å². The Morgan fingerprint density at radius 1 is 1.46 bits per heavy atom. The van der Waals surface area contributed by atoms with Gasteiger partial charge in [-0.3, -0.25) is 4.79 Å². The molecule has 1 aromatic carbocycles. The first kappa shape index (κ1) is 16.6. The third-order valence-corrected chi connectivity index (χ3v) is 4.30. The highest BCUT2D eigenvalue weighted by Gasteiger charge is 2.28. The molecule has 0 radical (unpaired) electrons. The van der Waals surface area contributed by atoms with Crippen LogP contribution < -0.4 is 5.32 Å². The first-order chi connectivity index (χ1) is 11.5. The van der Waals surface area contributed by atoms with Crippen molar-refractivity contribution in [2.24, 2.45) is 0 Å². The maximum Gasteiger partial charge on any atom is 0.293 e. The Morgan fingerprint density at radius 2 is 2.25 bits per heavy atom. The van der Waals surface area contributed by atoms with Gasteiger partial charge < -0.3 is 10.2 Å². The Bertz CT molecular complexity index is 736. The lowest BCUT2D eigenvalue weighted by Crippen LogP contribution is -2.38. The van der Waals surface area contributed by atoms with E-state index in [-0.39, 0.29) is 29.5 Å². The fourth-order valence-corrected chi connectivity index (χ4v) is 2.88. The molecule has 0 aliphatic carbocycles. The SMILES string of the molecule is CC(C)c1nc(C(=O)N(C)C2CCNC2)nn1-c1cccc(F)c1. The summed E-state index contributed by atoms with van der Waals surface area (Å²) in [7, 11) is 1.78. The average Bonchev–Trinajstić information content (AvgIpc) is 3.23. The van der Waals surface area contributed by atoms with Gasteiger partial charge in [0.05, 0.1) is 5.69 Å². The molecule has 7 heteroatoms. The van der Waals surface area contributed by atoms with Gasteiger partial charge in [0.2, 0.25) is 5.82 Å². The van der Waals surface area contributed by atoms with Gasteiger partial charge in [-0.2, -0.15) is 0 Å². The first-order valence-electron chi connectivity index (χ1n) is 8.18. The number of nitrogens with one attached hydrogen (secondary N) is 1. The van der Waals surface area contributed by atoms with E-state index in [1.165, 1.54) is 12.1 Å². The number of halogens is 1. The molecule has 1 atom stereocenters. The molecule has 0 saturated carbocycles. The van der Waals surface area contributed by atoms with E-state index in [0.717, 1.165) is 19.5 Å². The van der Waals surface area contributed by atoms with E-state index in [0.29, 0.717) is 11.5 Å². The molecule has 1 aliphatic rings. The summed E-state index contributed by atoms with van der Waals surface area (Å²) in [5.74, 6) is 0.292. The van der Waals surface area contributed by atoms with Gasteiger partial charge in [-0.15, -0.1) is 5.10 Å². The summed E-state index contributed by atoms with van der Waals surface area (Å²) < 4.78 is 15.1. The molecule has 1 fully saturated rings. The molecule has 24 heavy (non-hydrogen) atoms. The van der Waals surface area contributed by atoms with Crippen molar-refractivity contribution in [3.05, 3.63) is 41.7 Å². The zero-order valence-corrected chi connectivity index (χ0v) is 14.2. The van der Waals surface area contributed by atoms with E-state index in [9.17, 15) is 9.18 Å². The van der Waals surface area contributed by atoms with Crippen LogP contribution >= 0.6 is 0 Å². The fourth-order valence-electron chi connectivity index (χ4n) is 2.88. The lowest BCUT2D eigenvalue weighted by Gasteiger charge is -2.22. The van der Waals surface area contributed by atoms with E-state index < -0.39 is 0 Å². The summed E-state index contributed by atoms with van der Waals surface area (Å²) in [6, 6.07) is 6.29. The number of hydrogen-bond acceptors (Lipinski definition) is 4. The van der Waals surface area contributed by atoms with Crippen LogP contribution in [0.1, 0.15) is 42.6 Å². The first-order valence-corrected chi connectivity index (χ1v) is 8.18. The van der Waals surface area contributed by atoms with Crippen LogP contribution in [0.2, 0.25) is 0 Å². The van der Waals surface area contributed by atoms with Gasteiger partial charge in [-0.05, 0) is 31.2 Å². The minimum Gasteiger partial charge on any atom is -0.335 e. The summed E-state index contributed by atoms with van der Waals surface area (Å²) in [4.78, 5) is 18.8. The number of benzene rings is 1. The molecule has 1 aliphatic heterocycles. The van der Waals surface area contributed by atoms with Crippen LogP contribution in [0, 0.1) is 5.82 Å². The highest BCUT2D eigenvalue weighted by molar-refractivity contribution is 5.90. The average molecular weight is 331 g/mol.